The molecule has 6 heteroatoms. The molecule has 0 saturated carbocycles. The number of hydrogen-bond donors (Lipinski definition) is 2. The molecular weight excluding hydrogens is 278 g/mol. The Hall–Kier alpha value is -2.37. The molecule has 0 aliphatic carbocycles. The zero-order valence-corrected chi connectivity index (χ0v) is 13.2. The Balaban J connectivity index is 1.98. The summed E-state index contributed by atoms with van der Waals surface area (Å²) >= 11 is 0. The number of carbonyl (C=O) groups excluding carboxylic acids is 1. The lowest BCUT2D eigenvalue weighted by atomic mass is 10.2. The molecule has 0 saturated heterocycles. The van der Waals surface area contributed by atoms with Gasteiger partial charge < -0.3 is 16.0 Å². The molecular formula is C16H23N5O. The number of para-hydroxylation sites is 1. The van der Waals surface area contributed by atoms with Gasteiger partial charge in [0.05, 0.1) is 5.52 Å². The third kappa shape index (κ3) is 4.31. The quantitative estimate of drug-likeness (QED) is 0.730. The molecule has 0 radical (unpaired) electrons. The van der Waals surface area contributed by atoms with Crippen molar-refractivity contribution in [2.75, 3.05) is 30.9 Å². The van der Waals surface area contributed by atoms with Gasteiger partial charge in [-0.05, 0) is 25.0 Å². The lowest BCUT2D eigenvalue weighted by Crippen LogP contribution is -2.14. The number of primary amides is 1. The Labute approximate surface area is 130 Å². The average Bonchev–Trinajstić information content (AvgIpc) is 2.49. The molecule has 3 N–H and O–H groups in total. The minimum absolute atomic E-state index is 0.235. The third-order valence-electron chi connectivity index (χ3n) is 3.39. The van der Waals surface area contributed by atoms with Gasteiger partial charge in [0.1, 0.15) is 5.82 Å². The molecule has 2 aromatic rings. The number of nitrogens with two attached hydrogens (primary N) is 1. The number of aromatic nitrogens is 2. The summed E-state index contributed by atoms with van der Waals surface area (Å²) in [7, 11) is 3.95. The van der Waals surface area contributed by atoms with Crippen molar-refractivity contribution in [2.45, 2.75) is 25.7 Å². The van der Waals surface area contributed by atoms with Crippen LogP contribution in [0.2, 0.25) is 0 Å². The second-order valence-electron chi connectivity index (χ2n) is 5.49. The Morgan fingerprint density at radius 2 is 1.95 bits per heavy atom. The van der Waals surface area contributed by atoms with Crippen LogP contribution in [0.15, 0.2) is 24.3 Å². The molecule has 0 aliphatic heterocycles. The van der Waals surface area contributed by atoms with Crippen molar-refractivity contribution >= 4 is 28.6 Å². The van der Waals surface area contributed by atoms with E-state index in [-0.39, 0.29) is 5.91 Å². The third-order valence-corrected chi connectivity index (χ3v) is 3.39. The number of hydrogen-bond acceptors (Lipinski definition) is 5. The summed E-state index contributed by atoms with van der Waals surface area (Å²) in [6, 6.07) is 7.98. The molecule has 118 valence electrons. The molecule has 0 atom stereocenters. The number of unbranched alkanes of at least 4 members (excludes halogenated alkanes) is 2. The van der Waals surface area contributed by atoms with Crippen molar-refractivity contribution in [3.63, 3.8) is 0 Å². The number of nitrogens with one attached hydrogen (secondary N) is 1. The lowest BCUT2D eigenvalue weighted by Gasteiger charge is -2.15. The van der Waals surface area contributed by atoms with E-state index in [1.165, 1.54) is 0 Å². The smallest absolute Gasteiger partial charge is 0.225 e. The predicted octanol–water partition coefficient (Wildman–Crippen LogP) is 2.15. The van der Waals surface area contributed by atoms with Crippen LogP contribution in [-0.2, 0) is 4.79 Å². The Kier molecular flexibility index (Phi) is 5.52. The van der Waals surface area contributed by atoms with Gasteiger partial charge in [0, 0.05) is 32.4 Å². The number of benzene rings is 1. The first-order chi connectivity index (χ1) is 10.6. The SMILES string of the molecule is CN(C)c1nc(NCCCCCC(N)=O)nc2ccccc12. The molecule has 1 heterocycles. The van der Waals surface area contributed by atoms with E-state index in [2.05, 4.69) is 15.3 Å². The molecule has 1 aromatic heterocycles. The van der Waals surface area contributed by atoms with Crippen LogP contribution in [0.3, 0.4) is 0 Å². The molecule has 0 fully saturated rings. The molecule has 0 unspecified atom stereocenters. The van der Waals surface area contributed by atoms with Crippen molar-refractivity contribution < 1.29 is 4.79 Å². The first-order valence-electron chi connectivity index (χ1n) is 7.54. The first-order valence-corrected chi connectivity index (χ1v) is 7.54. The highest BCUT2D eigenvalue weighted by Crippen LogP contribution is 2.23. The Morgan fingerprint density at radius 1 is 1.18 bits per heavy atom. The van der Waals surface area contributed by atoms with E-state index in [1.54, 1.807) is 0 Å². The maximum Gasteiger partial charge on any atom is 0.225 e. The van der Waals surface area contributed by atoms with Crippen LogP contribution in [0.1, 0.15) is 25.7 Å². The van der Waals surface area contributed by atoms with Crippen LogP contribution < -0.4 is 16.0 Å². The van der Waals surface area contributed by atoms with Crippen molar-refractivity contribution in [3.05, 3.63) is 24.3 Å². The molecule has 0 bridgehead atoms. The number of amides is 1. The number of fused-ring (bicyclic) bond motifs is 1. The van der Waals surface area contributed by atoms with Gasteiger partial charge in [-0.15, -0.1) is 0 Å². The minimum Gasteiger partial charge on any atom is -0.370 e. The van der Waals surface area contributed by atoms with Gasteiger partial charge in [-0.3, -0.25) is 4.79 Å². The maximum absolute atomic E-state index is 10.7. The molecule has 6 nitrogen and oxygen atoms in total. The Bertz CT molecular complexity index is 641. The van der Waals surface area contributed by atoms with E-state index in [4.69, 9.17) is 5.73 Å². The van der Waals surface area contributed by atoms with Crippen molar-refractivity contribution in [1.29, 1.82) is 0 Å². The summed E-state index contributed by atoms with van der Waals surface area (Å²) in [4.78, 5) is 21.8. The molecule has 1 aromatic carbocycles. The van der Waals surface area contributed by atoms with Gasteiger partial charge in [0.2, 0.25) is 11.9 Å². The normalized spacial score (nSPS) is 10.6. The predicted molar refractivity (Wildman–Crippen MR) is 90.0 cm³/mol. The fourth-order valence-electron chi connectivity index (χ4n) is 2.28. The van der Waals surface area contributed by atoms with E-state index in [0.29, 0.717) is 12.4 Å². The second-order valence-corrected chi connectivity index (χ2v) is 5.49. The molecule has 0 spiro atoms. The summed E-state index contributed by atoms with van der Waals surface area (Å²) in [6.07, 6.45) is 3.21. The fourth-order valence-corrected chi connectivity index (χ4v) is 2.28. The van der Waals surface area contributed by atoms with Crippen LogP contribution in [0, 0.1) is 0 Å². The van der Waals surface area contributed by atoms with Crippen LogP contribution >= 0.6 is 0 Å². The highest BCUT2D eigenvalue weighted by Gasteiger charge is 2.08. The summed E-state index contributed by atoms with van der Waals surface area (Å²) in [5.41, 5.74) is 6.05. The molecule has 0 aliphatic rings. The number of anilines is 2. The largest absolute Gasteiger partial charge is 0.370 e. The number of nitrogens with zero attached hydrogens (tertiary/aromatic N) is 3. The Morgan fingerprint density at radius 3 is 2.68 bits per heavy atom. The fraction of sp³-hybridized carbons (Fsp3) is 0.438. The standard InChI is InChI=1S/C16H23N5O/c1-21(2)15-12-8-5-6-9-13(12)19-16(20-15)18-11-7-3-4-10-14(17)22/h5-6,8-9H,3-4,7,10-11H2,1-2H3,(H2,17,22)(H,18,19,20). The van der Waals surface area contributed by atoms with Gasteiger partial charge in [-0.1, -0.05) is 18.6 Å². The highest BCUT2D eigenvalue weighted by molar-refractivity contribution is 5.90. The van der Waals surface area contributed by atoms with Gasteiger partial charge in [-0.2, -0.15) is 4.98 Å². The van der Waals surface area contributed by atoms with Gasteiger partial charge >= 0.3 is 0 Å². The van der Waals surface area contributed by atoms with Crippen molar-refractivity contribution in [2.24, 2.45) is 5.73 Å². The van der Waals surface area contributed by atoms with E-state index in [0.717, 1.165) is 42.5 Å². The minimum atomic E-state index is -0.235. The summed E-state index contributed by atoms with van der Waals surface area (Å²) in [5, 5.41) is 4.30. The van der Waals surface area contributed by atoms with Crippen LogP contribution in [0.5, 0.6) is 0 Å². The summed E-state index contributed by atoms with van der Waals surface area (Å²) in [5.74, 6) is 1.31. The average molecular weight is 301 g/mol. The summed E-state index contributed by atoms with van der Waals surface area (Å²) < 4.78 is 0. The van der Waals surface area contributed by atoms with E-state index in [9.17, 15) is 4.79 Å². The second kappa shape index (κ2) is 7.59. The monoisotopic (exact) mass is 301 g/mol. The highest BCUT2D eigenvalue weighted by atomic mass is 16.1. The maximum atomic E-state index is 10.7. The molecule has 1 amide bonds. The topological polar surface area (TPSA) is 84.1 Å². The molecule has 22 heavy (non-hydrogen) atoms. The van der Waals surface area contributed by atoms with Crippen LogP contribution in [0.25, 0.3) is 10.9 Å². The molecule has 2 rings (SSSR count). The van der Waals surface area contributed by atoms with Crippen LogP contribution in [-0.4, -0.2) is 36.5 Å². The zero-order chi connectivity index (χ0) is 15.9. The van der Waals surface area contributed by atoms with E-state index >= 15 is 0 Å². The van der Waals surface area contributed by atoms with Gasteiger partial charge in [0.25, 0.3) is 0 Å². The van der Waals surface area contributed by atoms with Crippen LogP contribution in [0.4, 0.5) is 11.8 Å². The summed E-state index contributed by atoms with van der Waals surface area (Å²) in [6.45, 7) is 0.782. The van der Waals surface area contributed by atoms with Crippen molar-refractivity contribution in [1.82, 2.24) is 9.97 Å². The van der Waals surface area contributed by atoms with Gasteiger partial charge in [-0.25, -0.2) is 4.98 Å². The van der Waals surface area contributed by atoms with E-state index < -0.39 is 0 Å². The first kappa shape index (κ1) is 16.0. The van der Waals surface area contributed by atoms with Crippen molar-refractivity contribution in [3.8, 4) is 0 Å². The van der Waals surface area contributed by atoms with Gasteiger partial charge in [0.15, 0.2) is 0 Å². The van der Waals surface area contributed by atoms with E-state index in [1.807, 2.05) is 43.3 Å². The number of rotatable bonds is 8. The zero-order valence-electron chi connectivity index (χ0n) is 13.2. The lowest BCUT2D eigenvalue weighted by molar-refractivity contribution is -0.118. The number of carbonyl (C=O) groups is 1.